The Hall–Kier alpha value is -3.05. The Kier molecular flexibility index (Phi) is 5.40. The van der Waals surface area contributed by atoms with Crippen LogP contribution < -0.4 is 5.69 Å². The number of carboxylic acids is 1. The maximum atomic E-state index is 14.4. The summed E-state index contributed by atoms with van der Waals surface area (Å²) in [5.41, 5.74) is 0.692. The number of carbonyl (C=O) groups is 1. The molecule has 0 unspecified atom stereocenters. The van der Waals surface area contributed by atoms with Gasteiger partial charge < -0.3 is 5.11 Å². The molecule has 4 rings (SSSR count). The number of halogens is 1. The Bertz CT molecular complexity index is 1330. The maximum absolute atomic E-state index is 14.4. The van der Waals surface area contributed by atoms with Gasteiger partial charge in [0.15, 0.2) is 5.65 Å². The van der Waals surface area contributed by atoms with Gasteiger partial charge in [-0.3, -0.25) is 13.9 Å². The molecule has 31 heavy (non-hydrogen) atoms. The van der Waals surface area contributed by atoms with Crippen LogP contribution in [0.2, 0.25) is 0 Å². The molecule has 2 aromatic heterocycles. The summed E-state index contributed by atoms with van der Waals surface area (Å²) in [5.74, 6) is -1.99. The van der Waals surface area contributed by atoms with Crippen molar-refractivity contribution in [3.63, 3.8) is 0 Å². The fourth-order valence-electron chi connectivity index (χ4n) is 4.03. The first-order valence-electron chi connectivity index (χ1n) is 9.74. The molecule has 0 spiro atoms. The SMILES string of the molecule is Cc1ccc(S(=O)(=O)N2CCC[C@@H](n3c(=O)n(CC(=O)O)c4cccnc43)C2)c(F)c1. The van der Waals surface area contributed by atoms with Gasteiger partial charge in [-0.2, -0.15) is 4.31 Å². The van der Waals surface area contributed by atoms with Gasteiger partial charge in [0.1, 0.15) is 17.3 Å². The molecule has 0 aliphatic carbocycles. The third-order valence-electron chi connectivity index (χ3n) is 5.45. The molecule has 3 aromatic rings. The smallest absolute Gasteiger partial charge is 0.331 e. The van der Waals surface area contributed by atoms with Gasteiger partial charge in [0.25, 0.3) is 0 Å². The normalized spacial score (nSPS) is 17.8. The predicted molar refractivity (Wildman–Crippen MR) is 110 cm³/mol. The summed E-state index contributed by atoms with van der Waals surface area (Å²) in [4.78, 5) is 28.1. The molecule has 1 aliphatic heterocycles. The standard InChI is InChI=1S/C20H21FN4O5S/c1-13-6-7-17(15(21)10-13)31(29,30)23-9-3-4-14(11-23)25-19-16(5-2-8-22-19)24(20(25)28)12-18(26)27/h2,5-8,10,14H,3-4,9,11-12H2,1H3,(H,26,27)/t14-/m1/s1. The lowest BCUT2D eigenvalue weighted by Crippen LogP contribution is -2.43. The van der Waals surface area contributed by atoms with Crippen LogP contribution in [0.5, 0.6) is 0 Å². The number of hydrogen-bond donors (Lipinski definition) is 1. The third-order valence-corrected chi connectivity index (χ3v) is 7.34. The molecule has 1 aromatic carbocycles. The molecule has 0 bridgehead atoms. The van der Waals surface area contributed by atoms with Crippen molar-refractivity contribution in [2.24, 2.45) is 0 Å². The first-order valence-corrected chi connectivity index (χ1v) is 11.2. The molecule has 1 N–H and O–H groups in total. The molecule has 1 fully saturated rings. The molecule has 1 atom stereocenters. The van der Waals surface area contributed by atoms with E-state index in [1.54, 1.807) is 19.1 Å². The molecule has 0 saturated carbocycles. The fraction of sp³-hybridized carbons (Fsp3) is 0.350. The number of carboxylic acid groups (broad SMARTS) is 1. The second-order valence-electron chi connectivity index (χ2n) is 7.57. The lowest BCUT2D eigenvalue weighted by molar-refractivity contribution is -0.137. The average Bonchev–Trinajstić information content (AvgIpc) is 2.99. The van der Waals surface area contributed by atoms with Crippen molar-refractivity contribution in [2.75, 3.05) is 13.1 Å². The summed E-state index contributed by atoms with van der Waals surface area (Å²) in [7, 11) is -4.11. The highest BCUT2D eigenvalue weighted by atomic mass is 32.2. The Balaban J connectivity index is 1.74. The van der Waals surface area contributed by atoms with Crippen LogP contribution in [0.15, 0.2) is 46.2 Å². The number of piperidine rings is 1. The predicted octanol–water partition coefficient (Wildman–Crippen LogP) is 1.76. The molecular weight excluding hydrogens is 427 g/mol. The fourth-order valence-corrected chi connectivity index (χ4v) is 5.59. The number of aliphatic carboxylic acids is 1. The van der Waals surface area contributed by atoms with Crippen molar-refractivity contribution in [2.45, 2.75) is 37.2 Å². The van der Waals surface area contributed by atoms with Crippen LogP contribution in [0.25, 0.3) is 11.2 Å². The third kappa shape index (κ3) is 3.74. The van der Waals surface area contributed by atoms with E-state index in [1.807, 2.05) is 0 Å². The van der Waals surface area contributed by atoms with Gasteiger partial charge in [-0.25, -0.2) is 22.6 Å². The van der Waals surface area contributed by atoms with Gasteiger partial charge in [0.05, 0.1) is 11.6 Å². The van der Waals surface area contributed by atoms with Gasteiger partial charge in [-0.15, -0.1) is 0 Å². The number of benzene rings is 1. The number of pyridine rings is 1. The average molecular weight is 448 g/mol. The van der Waals surface area contributed by atoms with Gasteiger partial charge in [0, 0.05) is 19.3 Å². The van der Waals surface area contributed by atoms with E-state index >= 15 is 0 Å². The summed E-state index contributed by atoms with van der Waals surface area (Å²) in [6, 6.07) is 6.59. The molecule has 0 radical (unpaired) electrons. The molecule has 1 aliphatic rings. The van der Waals surface area contributed by atoms with Crippen LogP contribution >= 0.6 is 0 Å². The summed E-state index contributed by atoms with van der Waals surface area (Å²) in [5, 5.41) is 9.18. The van der Waals surface area contributed by atoms with Gasteiger partial charge in [0.2, 0.25) is 10.0 Å². The van der Waals surface area contributed by atoms with E-state index < -0.39 is 45.0 Å². The number of sulfonamides is 1. The highest BCUT2D eigenvalue weighted by Gasteiger charge is 2.34. The monoisotopic (exact) mass is 448 g/mol. The summed E-state index contributed by atoms with van der Waals surface area (Å²) in [6.45, 7) is 1.29. The largest absolute Gasteiger partial charge is 0.480 e. The highest BCUT2D eigenvalue weighted by molar-refractivity contribution is 7.89. The van der Waals surface area contributed by atoms with Crippen molar-refractivity contribution >= 4 is 27.2 Å². The number of aryl methyl sites for hydroxylation is 1. The first-order chi connectivity index (χ1) is 14.7. The first kappa shape index (κ1) is 21.2. The number of imidazole rings is 1. The van der Waals surface area contributed by atoms with Crippen molar-refractivity contribution < 1.29 is 22.7 Å². The Morgan fingerprint density at radius 3 is 2.81 bits per heavy atom. The maximum Gasteiger partial charge on any atom is 0.331 e. The molecule has 0 amide bonds. The lowest BCUT2D eigenvalue weighted by atomic mass is 10.1. The Labute approximate surface area is 177 Å². The second-order valence-corrected chi connectivity index (χ2v) is 9.48. The highest BCUT2D eigenvalue weighted by Crippen LogP contribution is 2.29. The zero-order valence-electron chi connectivity index (χ0n) is 16.7. The number of fused-ring (bicyclic) bond motifs is 1. The van der Waals surface area contributed by atoms with Crippen molar-refractivity contribution in [1.29, 1.82) is 0 Å². The minimum absolute atomic E-state index is 0.0433. The van der Waals surface area contributed by atoms with E-state index in [1.165, 1.54) is 33.3 Å². The zero-order chi connectivity index (χ0) is 22.3. The quantitative estimate of drug-likeness (QED) is 0.636. The Morgan fingerprint density at radius 1 is 1.32 bits per heavy atom. The minimum Gasteiger partial charge on any atom is -0.480 e. The van der Waals surface area contributed by atoms with Crippen LogP contribution in [0, 0.1) is 12.7 Å². The van der Waals surface area contributed by atoms with E-state index in [-0.39, 0.29) is 13.1 Å². The van der Waals surface area contributed by atoms with Crippen LogP contribution in [0.4, 0.5) is 4.39 Å². The molecule has 11 heteroatoms. The summed E-state index contributed by atoms with van der Waals surface area (Å²) >= 11 is 0. The van der Waals surface area contributed by atoms with E-state index in [4.69, 9.17) is 0 Å². The van der Waals surface area contributed by atoms with Gasteiger partial charge in [-0.05, 0) is 49.6 Å². The van der Waals surface area contributed by atoms with Crippen LogP contribution in [0.3, 0.4) is 0 Å². The van der Waals surface area contributed by atoms with E-state index in [0.29, 0.717) is 29.6 Å². The van der Waals surface area contributed by atoms with Crippen LogP contribution in [-0.2, 0) is 21.4 Å². The van der Waals surface area contributed by atoms with E-state index in [2.05, 4.69) is 4.98 Å². The molecule has 164 valence electrons. The summed E-state index contributed by atoms with van der Waals surface area (Å²) in [6.07, 6.45) is 2.45. The molecule has 9 nitrogen and oxygen atoms in total. The molecular formula is C20H21FN4O5S. The number of rotatable bonds is 5. The van der Waals surface area contributed by atoms with Crippen molar-refractivity contribution in [1.82, 2.24) is 18.4 Å². The van der Waals surface area contributed by atoms with Crippen LogP contribution in [0.1, 0.15) is 24.4 Å². The minimum atomic E-state index is -4.11. The van der Waals surface area contributed by atoms with Crippen molar-refractivity contribution in [3.05, 3.63) is 58.4 Å². The van der Waals surface area contributed by atoms with E-state index in [0.717, 1.165) is 4.57 Å². The number of nitrogens with zero attached hydrogens (tertiary/aromatic N) is 4. The Morgan fingerprint density at radius 2 is 2.10 bits per heavy atom. The second kappa shape index (κ2) is 7.89. The topological polar surface area (TPSA) is 114 Å². The zero-order valence-corrected chi connectivity index (χ0v) is 17.5. The van der Waals surface area contributed by atoms with Crippen molar-refractivity contribution in [3.8, 4) is 0 Å². The lowest BCUT2D eigenvalue weighted by Gasteiger charge is -2.32. The summed E-state index contributed by atoms with van der Waals surface area (Å²) < 4.78 is 44.2. The van der Waals surface area contributed by atoms with E-state index in [9.17, 15) is 27.5 Å². The van der Waals surface area contributed by atoms with Gasteiger partial charge in [-0.1, -0.05) is 6.07 Å². The van der Waals surface area contributed by atoms with Gasteiger partial charge >= 0.3 is 11.7 Å². The number of hydrogen-bond acceptors (Lipinski definition) is 5. The number of aromatic nitrogens is 3. The van der Waals surface area contributed by atoms with Crippen LogP contribution in [-0.4, -0.2) is 51.0 Å². The molecule has 3 heterocycles. The molecule has 1 saturated heterocycles.